The van der Waals surface area contributed by atoms with Gasteiger partial charge in [-0.3, -0.25) is 0 Å². The van der Waals surface area contributed by atoms with Crippen molar-refractivity contribution in [2.75, 3.05) is 0 Å². The number of hydrogen-bond donors (Lipinski definition) is 1. The van der Waals surface area contributed by atoms with Crippen LogP contribution < -0.4 is 5.46 Å². The minimum absolute atomic E-state index is 0. The van der Waals surface area contributed by atoms with Crippen molar-refractivity contribution in [2.24, 2.45) is 0 Å². The lowest BCUT2D eigenvalue weighted by molar-refractivity contribution is 1.50. The van der Waals surface area contributed by atoms with E-state index in [-0.39, 0.29) is 1.43 Å². The maximum atomic E-state index is 6.21. The van der Waals surface area contributed by atoms with Crippen molar-refractivity contribution in [1.29, 1.82) is 0 Å². The third-order valence-electron chi connectivity index (χ3n) is 3.51. The number of allylic oxidation sites excluding steroid dienone is 4. The predicted molar refractivity (Wildman–Crippen MR) is 114 cm³/mol. The van der Waals surface area contributed by atoms with Crippen LogP contribution in [0.5, 0.6) is 0 Å². The highest BCUT2D eigenvalue weighted by Crippen LogP contribution is 2.31. The third-order valence-corrected chi connectivity index (χ3v) is 3.51. The standard InChI is InChI=1S/C18H14BN.2C2H6.H2/c1-3-7-12(4-2)17-14(19)10-11-16-18(17)13-8-5-6-9-15(13)20-16;2*1-2;/h3-11,20H,1-2H2;2*1-2H3;1H/b12-7+;;;. The first-order chi connectivity index (χ1) is 11.8. The Morgan fingerprint density at radius 1 is 1.00 bits per heavy atom. The van der Waals surface area contributed by atoms with E-state index < -0.39 is 0 Å². The molecule has 2 heteroatoms. The fraction of sp³-hybridized carbons (Fsp3) is 0.182. The second kappa shape index (κ2) is 9.62. The summed E-state index contributed by atoms with van der Waals surface area (Å²) >= 11 is 0. The van der Waals surface area contributed by atoms with Crippen LogP contribution in [0.25, 0.3) is 27.4 Å². The monoisotopic (exact) mass is 317 g/mol. The van der Waals surface area contributed by atoms with Crippen LogP contribution in [0.4, 0.5) is 0 Å². The van der Waals surface area contributed by atoms with Gasteiger partial charge in [0.1, 0.15) is 7.85 Å². The van der Waals surface area contributed by atoms with E-state index >= 15 is 0 Å². The Hall–Kier alpha value is -2.48. The Balaban J connectivity index is 0.00000108. The van der Waals surface area contributed by atoms with E-state index in [2.05, 4.69) is 30.3 Å². The second-order valence-corrected chi connectivity index (χ2v) is 4.68. The minimum Gasteiger partial charge on any atom is -0.354 e. The van der Waals surface area contributed by atoms with Gasteiger partial charge in [0.05, 0.1) is 0 Å². The maximum Gasteiger partial charge on any atom is 0.114 e. The molecule has 1 heterocycles. The third kappa shape index (κ3) is 3.71. The fourth-order valence-electron chi connectivity index (χ4n) is 2.65. The van der Waals surface area contributed by atoms with Gasteiger partial charge in [-0.1, -0.05) is 88.8 Å². The SMILES string of the molecule is CC.CC.[B]c1ccc2[nH]c3ccccc3c2c1/C(C=C)=C/C=C.[HH]. The van der Waals surface area contributed by atoms with Crippen LogP contribution in [0.15, 0.2) is 67.8 Å². The lowest BCUT2D eigenvalue weighted by Gasteiger charge is -2.09. The van der Waals surface area contributed by atoms with Crippen LogP contribution in [0.3, 0.4) is 0 Å². The molecule has 3 rings (SSSR count). The van der Waals surface area contributed by atoms with Gasteiger partial charge in [0, 0.05) is 23.2 Å². The summed E-state index contributed by atoms with van der Waals surface area (Å²) in [7, 11) is 6.21. The number of rotatable bonds is 3. The van der Waals surface area contributed by atoms with E-state index in [0.717, 1.165) is 33.0 Å². The zero-order valence-electron chi connectivity index (χ0n) is 15.2. The smallest absolute Gasteiger partial charge is 0.114 e. The Morgan fingerprint density at radius 2 is 1.67 bits per heavy atom. The van der Waals surface area contributed by atoms with Gasteiger partial charge in [0.15, 0.2) is 0 Å². The molecule has 0 bridgehead atoms. The molecule has 0 atom stereocenters. The lowest BCUT2D eigenvalue weighted by Crippen LogP contribution is -2.09. The molecule has 0 saturated carbocycles. The molecular weight excluding hydrogens is 289 g/mol. The summed E-state index contributed by atoms with van der Waals surface area (Å²) in [5.74, 6) is 0. The molecule has 24 heavy (non-hydrogen) atoms. The van der Waals surface area contributed by atoms with E-state index in [1.165, 1.54) is 5.39 Å². The molecule has 1 nitrogen and oxygen atoms in total. The summed E-state index contributed by atoms with van der Waals surface area (Å²) in [4.78, 5) is 3.42. The normalized spacial score (nSPS) is 10.4. The Morgan fingerprint density at radius 3 is 2.29 bits per heavy atom. The highest BCUT2D eigenvalue weighted by Gasteiger charge is 2.12. The molecule has 2 radical (unpaired) electrons. The van der Waals surface area contributed by atoms with Gasteiger partial charge in [-0.2, -0.15) is 0 Å². The molecule has 3 aromatic rings. The minimum atomic E-state index is 0. The van der Waals surface area contributed by atoms with Gasteiger partial charge < -0.3 is 4.98 Å². The number of aromatic nitrogens is 1. The number of fused-ring (bicyclic) bond motifs is 3. The number of hydrogen-bond acceptors (Lipinski definition) is 0. The second-order valence-electron chi connectivity index (χ2n) is 4.68. The van der Waals surface area contributed by atoms with Gasteiger partial charge in [-0.15, -0.1) is 0 Å². The zero-order chi connectivity index (χ0) is 18.1. The molecule has 0 fully saturated rings. The highest BCUT2D eigenvalue weighted by atomic mass is 14.7. The summed E-state index contributed by atoms with van der Waals surface area (Å²) in [5.41, 5.74) is 4.92. The van der Waals surface area contributed by atoms with E-state index in [4.69, 9.17) is 7.85 Å². The maximum absolute atomic E-state index is 6.21. The molecule has 0 aliphatic heterocycles. The highest BCUT2D eigenvalue weighted by molar-refractivity contribution is 6.37. The van der Waals surface area contributed by atoms with Gasteiger partial charge >= 0.3 is 0 Å². The Bertz CT molecular complexity index is 859. The number of H-pyrrole nitrogens is 1. The van der Waals surface area contributed by atoms with Crippen molar-refractivity contribution in [1.82, 2.24) is 4.98 Å². The number of para-hydroxylation sites is 1. The van der Waals surface area contributed by atoms with Crippen LogP contribution in [0.2, 0.25) is 0 Å². The van der Waals surface area contributed by atoms with E-state index in [1.54, 1.807) is 6.08 Å². The average Bonchev–Trinajstić information content (AvgIpc) is 3.02. The first-order valence-electron chi connectivity index (χ1n) is 8.50. The van der Waals surface area contributed by atoms with Crippen molar-refractivity contribution in [2.45, 2.75) is 27.7 Å². The Labute approximate surface area is 148 Å². The molecule has 2 aromatic carbocycles. The Kier molecular flexibility index (Phi) is 7.84. The van der Waals surface area contributed by atoms with Crippen LogP contribution in [-0.2, 0) is 0 Å². The summed E-state index contributed by atoms with van der Waals surface area (Å²) in [6, 6.07) is 12.2. The number of benzene rings is 2. The zero-order valence-corrected chi connectivity index (χ0v) is 15.2. The molecule has 0 saturated heterocycles. The number of aromatic amines is 1. The summed E-state index contributed by atoms with van der Waals surface area (Å²) in [5, 5.41) is 2.30. The first kappa shape index (κ1) is 19.6. The molecule has 1 aromatic heterocycles. The van der Waals surface area contributed by atoms with Crippen LogP contribution in [0, 0.1) is 0 Å². The molecular formula is C22H28BN. The van der Waals surface area contributed by atoms with Crippen molar-refractivity contribution in [3.05, 3.63) is 73.3 Å². The molecule has 0 spiro atoms. The predicted octanol–water partition coefficient (Wildman–Crippen LogP) is 6.17. The van der Waals surface area contributed by atoms with Gasteiger partial charge in [-0.05, 0) is 23.3 Å². The molecule has 0 unspecified atom stereocenters. The summed E-state index contributed by atoms with van der Waals surface area (Å²) in [6.07, 6.45) is 5.50. The first-order valence-corrected chi connectivity index (χ1v) is 8.50. The van der Waals surface area contributed by atoms with Gasteiger partial charge in [-0.25, -0.2) is 0 Å². The van der Waals surface area contributed by atoms with E-state index in [9.17, 15) is 0 Å². The fourth-order valence-corrected chi connectivity index (χ4v) is 2.65. The van der Waals surface area contributed by atoms with Crippen molar-refractivity contribution < 1.29 is 1.43 Å². The molecule has 0 aliphatic carbocycles. The topological polar surface area (TPSA) is 15.8 Å². The van der Waals surface area contributed by atoms with Crippen molar-refractivity contribution in [3.8, 4) is 0 Å². The largest absolute Gasteiger partial charge is 0.354 e. The molecule has 0 amide bonds. The summed E-state index contributed by atoms with van der Waals surface area (Å²) in [6.45, 7) is 15.6. The molecule has 1 N–H and O–H groups in total. The quantitative estimate of drug-likeness (QED) is 0.439. The summed E-state index contributed by atoms with van der Waals surface area (Å²) < 4.78 is 0. The van der Waals surface area contributed by atoms with Crippen LogP contribution >= 0.6 is 0 Å². The van der Waals surface area contributed by atoms with E-state index in [1.807, 2.05) is 64.1 Å². The molecule has 0 aliphatic rings. The van der Waals surface area contributed by atoms with Crippen LogP contribution in [-0.4, -0.2) is 12.8 Å². The number of nitrogens with one attached hydrogen (secondary N) is 1. The lowest BCUT2D eigenvalue weighted by atomic mass is 9.84. The molecule has 124 valence electrons. The van der Waals surface area contributed by atoms with Crippen molar-refractivity contribution >= 4 is 40.7 Å². The van der Waals surface area contributed by atoms with Gasteiger partial charge in [0.25, 0.3) is 0 Å². The van der Waals surface area contributed by atoms with Crippen molar-refractivity contribution in [3.63, 3.8) is 0 Å². The average molecular weight is 317 g/mol. The van der Waals surface area contributed by atoms with E-state index in [0.29, 0.717) is 0 Å². The van der Waals surface area contributed by atoms with Crippen LogP contribution in [0.1, 0.15) is 34.7 Å². The van der Waals surface area contributed by atoms with Gasteiger partial charge in [0.2, 0.25) is 0 Å².